The van der Waals surface area contributed by atoms with Crippen LogP contribution >= 0.6 is 0 Å². The first-order valence-electron chi connectivity index (χ1n) is 7.01. The monoisotopic (exact) mass is 299 g/mol. The number of benzene rings is 1. The van der Waals surface area contributed by atoms with Crippen LogP contribution in [-0.2, 0) is 6.54 Å². The van der Waals surface area contributed by atoms with Crippen LogP contribution in [0.2, 0.25) is 0 Å². The number of rotatable bonds is 6. The Bertz CT molecular complexity index is 757. The lowest BCUT2D eigenvalue weighted by atomic mass is 10.3. The van der Waals surface area contributed by atoms with Crippen molar-refractivity contribution in [2.45, 2.75) is 13.0 Å². The second kappa shape index (κ2) is 6.40. The number of aliphatic hydroxyl groups is 1. The third-order valence-electron chi connectivity index (χ3n) is 3.21. The average molecular weight is 299 g/mol. The molecule has 2 N–H and O–H groups in total. The first kappa shape index (κ1) is 14.3. The molecule has 3 rings (SSSR count). The van der Waals surface area contributed by atoms with Gasteiger partial charge in [0.15, 0.2) is 11.2 Å². The maximum Gasteiger partial charge on any atom is 0.246 e. The second-order valence-electron chi connectivity index (χ2n) is 4.73. The van der Waals surface area contributed by atoms with Crippen LogP contribution < -0.4 is 10.1 Å². The molecule has 22 heavy (non-hydrogen) atoms. The van der Waals surface area contributed by atoms with E-state index >= 15 is 0 Å². The summed E-state index contributed by atoms with van der Waals surface area (Å²) in [6, 6.07) is 9.68. The van der Waals surface area contributed by atoms with Gasteiger partial charge in [-0.2, -0.15) is 9.97 Å². The van der Waals surface area contributed by atoms with Crippen molar-refractivity contribution in [2.24, 2.45) is 0 Å². The summed E-state index contributed by atoms with van der Waals surface area (Å²) in [4.78, 5) is 13.1. The molecule has 3 aromatic rings. The molecule has 0 fully saturated rings. The number of imidazole rings is 1. The molecular weight excluding hydrogens is 282 g/mol. The summed E-state index contributed by atoms with van der Waals surface area (Å²) in [5.74, 6) is 0.868. The maximum absolute atomic E-state index is 8.98. The lowest BCUT2D eigenvalue weighted by Gasteiger charge is -2.08. The smallest absolute Gasteiger partial charge is 0.246 e. The molecule has 2 heterocycles. The van der Waals surface area contributed by atoms with Gasteiger partial charge in [0.25, 0.3) is 0 Å². The Hall–Kier alpha value is -2.67. The quantitative estimate of drug-likeness (QED) is 0.724. The maximum atomic E-state index is 8.98. The molecule has 0 unspecified atom stereocenters. The molecule has 2 aromatic heterocycles. The van der Waals surface area contributed by atoms with E-state index in [2.05, 4.69) is 20.3 Å². The van der Waals surface area contributed by atoms with Crippen LogP contribution in [0, 0.1) is 0 Å². The SMILES string of the molecule is COc1nc(Nc2ccccc2)nc2c1ncn2CCCO. The van der Waals surface area contributed by atoms with Crippen LogP contribution in [0.15, 0.2) is 36.7 Å². The van der Waals surface area contributed by atoms with E-state index in [1.807, 2.05) is 34.9 Å². The molecule has 0 spiro atoms. The number of ether oxygens (including phenoxy) is 1. The van der Waals surface area contributed by atoms with Crippen molar-refractivity contribution in [2.75, 3.05) is 19.0 Å². The van der Waals surface area contributed by atoms with Crippen molar-refractivity contribution in [1.82, 2.24) is 19.5 Å². The second-order valence-corrected chi connectivity index (χ2v) is 4.73. The van der Waals surface area contributed by atoms with Crippen LogP contribution in [0.5, 0.6) is 5.88 Å². The minimum Gasteiger partial charge on any atom is -0.479 e. The fourth-order valence-corrected chi connectivity index (χ4v) is 2.17. The summed E-state index contributed by atoms with van der Waals surface area (Å²) in [6.45, 7) is 0.759. The molecule has 0 atom stereocenters. The predicted octanol–water partition coefficient (Wildman–Crippen LogP) is 1.96. The van der Waals surface area contributed by atoms with Crippen LogP contribution in [0.25, 0.3) is 11.2 Å². The van der Waals surface area contributed by atoms with Gasteiger partial charge < -0.3 is 19.7 Å². The number of para-hydroxylation sites is 1. The molecule has 0 amide bonds. The lowest BCUT2D eigenvalue weighted by Crippen LogP contribution is -2.04. The molecule has 0 saturated carbocycles. The third kappa shape index (κ3) is 2.84. The van der Waals surface area contributed by atoms with Gasteiger partial charge in [0.05, 0.1) is 13.4 Å². The number of aryl methyl sites for hydroxylation is 1. The van der Waals surface area contributed by atoms with Crippen LogP contribution in [-0.4, -0.2) is 38.3 Å². The topological polar surface area (TPSA) is 85.1 Å². The summed E-state index contributed by atoms with van der Waals surface area (Å²) in [5.41, 5.74) is 2.18. The molecule has 7 heteroatoms. The highest BCUT2D eigenvalue weighted by Crippen LogP contribution is 2.24. The molecule has 7 nitrogen and oxygen atoms in total. The van der Waals surface area contributed by atoms with Crippen molar-refractivity contribution >= 4 is 22.8 Å². The van der Waals surface area contributed by atoms with Crippen LogP contribution in [0.3, 0.4) is 0 Å². The average Bonchev–Trinajstić information content (AvgIpc) is 2.96. The van der Waals surface area contributed by atoms with Crippen molar-refractivity contribution in [3.8, 4) is 5.88 Å². The van der Waals surface area contributed by atoms with E-state index in [4.69, 9.17) is 9.84 Å². The van der Waals surface area contributed by atoms with Gasteiger partial charge in [-0.1, -0.05) is 18.2 Å². The van der Waals surface area contributed by atoms with Gasteiger partial charge in [-0.05, 0) is 18.6 Å². The third-order valence-corrected chi connectivity index (χ3v) is 3.21. The number of methoxy groups -OCH3 is 1. The molecule has 0 aliphatic carbocycles. The summed E-state index contributed by atoms with van der Waals surface area (Å²) >= 11 is 0. The molecule has 0 aliphatic heterocycles. The Morgan fingerprint density at radius 1 is 1.23 bits per heavy atom. The zero-order valence-corrected chi connectivity index (χ0v) is 12.2. The molecular formula is C15H17N5O2. The highest BCUT2D eigenvalue weighted by molar-refractivity contribution is 5.78. The van der Waals surface area contributed by atoms with Crippen LogP contribution in [0.4, 0.5) is 11.6 Å². The minimum absolute atomic E-state index is 0.122. The van der Waals surface area contributed by atoms with Gasteiger partial charge in [0, 0.05) is 18.8 Å². The number of aromatic nitrogens is 4. The van der Waals surface area contributed by atoms with Crippen molar-refractivity contribution in [3.63, 3.8) is 0 Å². The van der Waals surface area contributed by atoms with E-state index in [9.17, 15) is 0 Å². The number of nitrogens with one attached hydrogen (secondary N) is 1. The summed E-state index contributed by atoms with van der Waals surface area (Å²) in [7, 11) is 1.56. The zero-order valence-electron chi connectivity index (χ0n) is 12.2. The van der Waals surface area contributed by atoms with E-state index < -0.39 is 0 Å². The van der Waals surface area contributed by atoms with E-state index in [0.717, 1.165) is 5.69 Å². The van der Waals surface area contributed by atoms with Gasteiger partial charge in [0.2, 0.25) is 11.8 Å². The fourth-order valence-electron chi connectivity index (χ4n) is 2.17. The van der Waals surface area contributed by atoms with Gasteiger partial charge in [0.1, 0.15) is 0 Å². The standard InChI is InChI=1S/C15H17N5O2/c1-22-14-12-13(20(10-16-12)8-5-9-21)18-15(19-14)17-11-6-3-2-4-7-11/h2-4,6-7,10,21H,5,8-9H2,1H3,(H,17,18,19). The lowest BCUT2D eigenvalue weighted by molar-refractivity contribution is 0.280. The van der Waals surface area contributed by atoms with Crippen LogP contribution in [0.1, 0.15) is 6.42 Å². The molecule has 0 aliphatic rings. The van der Waals surface area contributed by atoms with E-state index in [1.165, 1.54) is 0 Å². The van der Waals surface area contributed by atoms with Crippen molar-refractivity contribution < 1.29 is 9.84 Å². The largest absolute Gasteiger partial charge is 0.479 e. The molecule has 0 bridgehead atoms. The summed E-state index contributed by atoms with van der Waals surface area (Å²) < 4.78 is 7.19. The number of fused-ring (bicyclic) bond motifs is 1. The Balaban J connectivity index is 2.00. The Morgan fingerprint density at radius 3 is 2.77 bits per heavy atom. The number of hydrogen-bond donors (Lipinski definition) is 2. The highest BCUT2D eigenvalue weighted by atomic mass is 16.5. The molecule has 0 saturated heterocycles. The van der Waals surface area contributed by atoms with Gasteiger partial charge in [-0.25, -0.2) is 4.98 Å². The Labute approximate surface area is 127 Å². The van der Waals surface area contributed by atoms with Crippen molar-refractivity contribution in [3.05, 3.63) is 36.7 Å². The van der Waals surface area contributed by atoms with E-state index in [0.29, 0.717) is 36.0 Å². The highest BCUT2D eigenvalue weighted by Gasteiger charge is 2.13. The zero-order chi connectivity index (χ0) is 15.4. The molecule has 114 valence electrons. The first-order valence-corrected chi connectivity index (χ1v) is 7.01. The fraction of sp³-hybridized carbons (Fsp3) is 0.267. The van der Waals surface area contributed by atoms with E-state index in [1.54, 1.807) is 13.4 Å². The predicted molar refractivity (Wildman–Crippen MR) is 83.3 cm³/mol. The van der Waals surface area contributed by atoms with Gasteiger partial charge >= 0.3 is 0 Å². The van der Waals surface area contributed by atoms with Gasteiger partial charge in [-0.3, -0.25) is 0 Å². The molecule has 1 aromatic carbocycles. The minimum atomic E-state index is 0.122. The number of nitrogens with zero attached hydrogens (tertiary/aromatic N) is 4. The summed E-state index contributed by atoms with van der Waals surface area (Å²) in [6.07, 6.45) is 2.32. The van der Waals surface area contributed by atoms with Crippen molar-refractivity contribution in [1.29, 1.82) is 0 Å². The summed E-state index contributed by atoms with van der Waals surface area (Å²) in [5, 5.41) is 12.1. The number of aliphatic hydroxyl groups excluding tert-OH is 1. The van der Waals surface area contributed by atoms with E-state index in [-0.39, 0.29) is 6.61 Å². The normalized spacial score (nSPS) is 10.8. The number of hydrogen-bond acceptors (Lipinski definition) is 6. The van der Waals surface area contributed by atoms with Gasteiger partial charge in [-0.15, -0.1) is 0 Å². The Morgan fingerprint density at radius 2 is 2.05 bits per heavy atom. The molecule has 0 radical (unpaired) electrons. The first-order chi connectivity index (χ1) is 10.8. The Kier molecular flexibility index (Phi) is 4.15. The number of anilines is 2.